The van der Waals surface area contributed by atoms with Gasteiger partial charge >= 0.3 is 5.97 Å². The van der Waals surface area contributed by atoms with Gasteiger partial charge in [0.15, 0.2) is 0 Å². The van der Waals surface area contributed by atoms with Crippen LogP contribution in [0.25, 0.3) is 0 Å². The number of carbonyl (C=O) groups is 3. The SMILES string of the molecule is O=C(O)c1ccoc1CN1C(=O)COCC1=O. The molecule has 1 aromatic rings. The zero-order valence-corrected chi connectivity index (χ0v) is 8.71. The van der Waals surface area contributed by atoms with E-state index in [1.54, 1.807) is 0 Å². The summed E-state index contributed by atoms with van der Waals surface area (Å²) in [4.78, 5) is 34.5. The number of morpholine rings is 1. The number of furan rings is 1. The molecule has 1 fully saturated rings. The Morgan fingerprint density at radius 2 is 2.00 bits per heavy atom. The number of aromatic carboxylic acids is 1. The first kappa shape index (κ1) is 11.3. The Hall–Kier alpha value is -2.15. The first-order valence-electron chi connectivity index (χ1n) is 4.80. The molecule has 1 aliphatic rings. The third kappa shape index (κ3) is 2.18. The molecule has 0 radical (unpaired) electrons. The van der Waals surface area contributed by atoms with Gasteiger partial charge in [-0.1, -0.05) is 0 Å². The quantitative estimate of drug-likeness (QED) is 0.737. The van der Waals surface area contributed by atoms with Gasteiger partial charge in [-0.2, -0.15) is 0 Å². The van der Waals surface area contributed by atoms with Gasteiger partial charge in [0, 0.05) is 0 Å². The summed E-state index contributed by atoms with van der Waals surface area (Å²) in [6, 6.07) is 1.27. The van der Waals surface area contributed by atoms with Crippen LogP contribution in [0.3, 0.4) is 0 Å². The van der Waals surface area contributed by atoms with Gasteiger partial charge in [-0.05, 0) is 6.07 Å². The number of amides is 2. The van der Waals surface area contributed by atoms with Gasteiger partial charge in [0.25, 0.3) is 11.8 Å². The molecule has 7 nitrogen and oxygen atoms in total. The highest BCUT2D eigenvalue weighted by atomic mass is 16.5. The summed E-state index contributed by atoms with van der Waals surface area (Å²) in [5.41, 5.74) is -0.0582. The topological polar surface area (TPSA) is 97.1 Å². The van der Waals surface area contributed by atoms with Gasteiger partial charge < -0.3 is 14.3 Å². The van der Waals surface area contributed by atoms with Crippen molar-refractivity contribution in [2.24, 2.45) is 0 Å². The van der Waals surface area contributed by atoms with Crippen LogP contribution in [0.4, 0.5) is 0 Å². The van der Waals surface area contributed by atoms with Gasteiger partial charge in [0.1, 0.15) is 24.5 Å². The molecule has 0 unspecified atom stereocenters. The fraction of sp³-hybridized carbons (Fsp3) is 0.300. The van der Waals surface area contributed by atoms with Crippen molar-refractivity contribution in [2.75, 3.05) is 13.2 Å². The number of rotatable bonds is 3. The van der Waals surface area contributed by atoms with Crippen LogP contribution in [0.5, 0.6) is 0 Å². The zero-order chi connectivity index (χ0) is 12.4. The maximum atomic E-state index is 11.4. The molecule has 17 heavy (non-hydrogen) atoms. The van der Waals surface area contributed by atoms with E-state index in [9.17, 15) is 14.4 Å². The molecule has 2 rings (SSSR count). The lowest BCUT2D eigenvalue weighted by molar-refractivity contribution is -0.159. The van der Waals surface area contributed by atoms with Crippen LogP contribution < -0.4 is 0 Å². The molecule has 2 amide bonds. The standard InChI is InChI=1S/C10H9NO6/c12-8-4-16-5-9(13)11(8)3-7-6(10(14)15)1-2-17-7/h1-2H,3-5H2,(H,14,15). The summed E-state index contributed by atoms with van der Waals surface area (Å²) in [5, 5.41) is 8.84. The summed E-state index contributed by atoms with van der Waals surface area (Å²) in [6.45, 7) is -0.556. The van der Waals surface area contributed by atoms with Crippen molar-refractivity contribution < 1.29 is 28.6 Å². The molecule has 0 spiro atoms. The fourth-order valence-electron chi connectivity index (χ4n) is 1.49. The van der Waals surface area contributed by atoms with Gasteiger partial charge in [0.2, 0.25) is 0 Å². The molecule has 1 aromatic heterocycles. The minimum atomic E-state index is -1.16. The van der Waals surface area contributed by atoms with E-state index in [-0.39, 0.29) is 31.1 Å². The molecular formula is C10H9NO6. The molecule has 0 saturated carbocycles. The number of carboxylic acids is 1. The van der Waals surface area contributed by atoms with Crippen molar-refractivity contribution in [1.29, 1.82) is 0 Å². The van der Waals surface area contributed by atoms with Crippen LogP contribution in [-0.4, -0.2) is 41.0 Å². The lowest BCUT2D eigenvalue weighted by atomic mass is 10.2. The van der Waals surface area contributed by atoms with Gasteiger partial charge in [-0.3, -0.25) is 14.5 Å². The van der Waals surface area contributed by atoms with Crippen molar-refractivity contribution >= 4 is 17.8 Å². The molecule has 2 heterocycles. The highest BCUT2D eigenvalue weighted by molar-refractivity contribution is 5.98. The van der Waals surface area contributed by atoms with Crippen molar-refractivity contribution in [3.05, 3.63) is 23.7 Å². The third-order valence-corrected chi connectivity index (χ3v) is 2.33. The largest absolute Gasteiger partial charge is 0.478 e. The molecule has 1 aliphatic heterocycles. The molecule has 0 bridgehead atoms. The van der Waals surface area contributed by atoms with E-state index < -0.39 is 17.8 Å². The second-order valence-electron chi connectivity index (χ2n) is 3.43. The molecule has 0 aromatic carbocycles. The normalized spacial score (nSPS) is 16.4. The first-order chi connectivity index (χ1) is 8.09. The summed E-state index contributed by atoms with van der Waals surface area (Å²) in [6.07, 6.45) is 1.20. The minimum absolute atomic E-state index is 0.0582. The van der Waals surface area contributed by atoms with E-state index >= 15 is 0 Å². The van der Waals surface area contributed by atoms with Gasteiger partial charge in [0.05, 0.1) is 12.8 Å². The maximum absolute atomic E-state index is 11.4. The van der Waals surface area contributed by atoms with Crippen LogP contribution >= 0.6 is 0 Å². The van der Waals surface area contributed by atoms with Gasteiger partial charge in [-0.15, -0.1) is 0 Å². The molecule has 1 saturated heterocycles. The molecular weight excluding hydrogens is 230 g/mol. The Kier molecular flexibility index (Phi) is 2.92. The Balaban J connectivity index is 2.19. The summed E-state index contributed by atoms with van der Waals surface area (Å²) < 4.78 is 9.69. The van der Waals surface area contributed by atoms with Crippen molar-refractivity contribution in [1.82, 2.24) is 4.90 Å². The fourth-order valence-corrected chi connectivity index (χ4v) is 1.49. The van der Waals surface area contributed by atoms with Crippen LogP contribution in [0.15, 0.2) is 16.7 Å². The molecule has 7 heteroatoms. The summed E-state index contributed by atoms with van der Waals surface area (Å²) in [5.74, 6) is -2.11. The smallest absolute Gasteiger partial charge is 0.339 e. The van der Waals surface area contributed by atoms with E-state index in [1.165, 1.54) is 12.3 Å². The van der Waals surface area contributed by atoms with Crippen molar-refractivity contribution in [3.8, 4) is 0 Å². The first-order valence-corrected chi connectivity index (χ1v) is 4.80. The third-order valence-electron chi connectivity index (χ3n) is 2.33. The predicted octanol–water partition coefficient (Wildman–Crippen LogP) is -0.137. The van der Waals surface area contributed by atoms with Crippen LogP contribution in [0, 0.1) is 0 Å². The lowest BCUT2D eigenvalue weighted by Gasteiger charge is -2.24. The molecule has 0 atom stereocenters. The second-order valence-corrected chi connectivity index (χ2v) is 3.43. The van der Waals surface area contributed by atoms with Crippen molar-refractivity contribution in [3.63, 3.8) is 0 Å². The molecule has 90 valence electrons. The zero-order valence-electron chi connectivity index (χ0n) is 8.71. The van der Waals surface area contributed by atoms with E-state index in [2.05, 4.69) is 0 Å². The number of hydrogen-bond acceptors (Lipinski definition) is 5. The van der Waals surface area contributed by atoms with Crippen molar-refractivity contribution in [2.45, 2.75) is 6.54 Å². The lowest BCUT2D eigenvalue weighted by Crippen LogP contribution is -2.45. The van der Waals surface area contributed by atoms with E-state index in [4.69, 9.17) is 14.3 Å². The average Bonchev–Trinajstić information content (AvgIpc) is 2.72. The monoisotopic (exact) mass is 239 g/mol. The number of imide groups is 1. The van der Waals surface area contributed by atoms with Gasteiger partial charge in [-0.25, -0.2) is 4.79 Å². The average molecular weight is 239 g/mol. The molecule has 1 N–H and O–H groups in total. The van der Waals surface area contributed by atoms with Crippen LogP contribution in [0.2, 0.25) is 0 Å². The molecule has 0 aliphatic carbocycles. The number of carboxylic acid groups (broad SMARTS) is 1. The number of hydrogen-bond donors (Lipinski definition) is 1. The number of carbonyl (C=O) groups excluding carboxylic acids is 2. The Morgan fingerprint density at radius 3 is 2.59 bits per heavy atom. The second kappa shape index (κ2) is 4.38. The summed E-state index contributed by atoms with van der Waals surface area (Å²) in [7, 11) is 0. The number of ether oxygens (including phenoxy) is 1. The number of nitrogens with zero attached hydrogens (tertiary/aromatic N) is 1. The Labute approximate surface area is 95.6 Å². The summed E-state index contributed by atoms with van der Waals surface area (Å²) >= 11 is 0. The van der Waals surface area contributed by atoms with E-state index in [1.807, 2.05) is 0 Å². The highest BCUT2D eigenvalue weighted by Crippen LogP contribution is 2.15. The van der Waals surface area contributed by atoms with E-state index in [0.717, 1.165) is 4.90 Å². The Morgan fingerprint density at radius 1 is 1.35 bits per heavy atom. The predicted molar refractivity (Wildman–Crippen MR) is 52.0 cm³/mol. The minimum Gasteiger partial charge on any atom is -0.478 e. The highest BCUT2D eigenvalue weighted by Gasteiger charge is 2.29. The van der Waals surface area contributed by atoms with Crippen LogP contribution in [-0.2, 0) is 20.9 Å². The van der Waals surface area contributed by atoms with Crippen LogP contribution in [0.1, 0.15) is 16.1 Å². The van der Waals surface area contributed by atoms with E-state index in [0.29, 0.717) is 0 Å². The maximum Gasteiger partial charge on any atom is 0.339 e. The Bertz CT molecular complexity index is 461.